The number of hydrogen-bond donors (Lipinski definition) is 1. The second kappa shape index (κ2) is 6.10. The van der Waals surface area contributed by atoms with E-state index >= 15 is 0 Å². The van der Waals surface area contributed by atoms with E-state index in [0.29, 0.717) is 0 Å². The summed E-state index contributed by atoms with van der Waals surface area (Å²) >= 11 is 0. The molecule has 1 atom stereocenters. The first kappa shape index (κ1) is 12.5. The van der Waals surface area contributed by atoms with Crippen molar-refractivity contribution in [2.45, 2.75) is 46.0 Å². The summed E-state index contributed by atoms with van der Waals surface area (Å²) in [6.07, 6.45) is 5.86. The Kier molecular flexibility index (Phi) is 4.49. The lowest BCUT2D eigenvalue weighted by molar-refractivity contribution is 0.370. The molecule has 2 rings (SSSR count). The number of aryl methyl sites for hydroxylation is 2. The van der Waals surface area contributed by atoms with Gasteiger partial charge in [-0.15, -0.1) is 0 Å². The summed E-state index contributed by atoms with van der Waals surface area (Å²) in [5.74, 6) is 1.77. The molecule has 1 N–H and O–H groups in total. The lowest BCUT2D eigenvalue weighted by Gasteiger charge is -2.22. The molecule has 0 aromatic carbocycles. The molecule has 0 spiro atoms. The Morgan fingerprint density at radius 2 is 2.29 bits per heavy atom. The summed E-state index contributed by atoms with van der Waals surface area (Å²) < 4.78 is 0. The summed E-state index contributed by atoms with van der Waals surface area (Å²) in [6.45, 7) is 6.57. The standard InChI is InChI=1S/C14H23N3/c1-3-5-13-8-11(2)16-14(17-13)9-12-6-4-7-15-10-12/h8,12,15H,3-7,9-10H2,1-2H3. The number of hydrogen-bond acceptors (Lipinski definition) is 3. The van der Waals surface area contributed by atoms with Crippen LogP contribution in [0.4, 0.5) is 0 Å². The van der Waals surface area contributed by atoms with Crippen molar-refractivity contribution >= 4 is 0 Å². The van der Waals surface area contributed by atoms with E-state index in [0.717, 1.165) is 43.2 Å². The lowest BCUT2D eigenvalue weighted by atomic mass is 9.96. The average molecular weight is 233 g/mol. The maximum Gasteiger partial charge on any atom is 0.129 e. The Hall–Kier alpha value is -0.960. The van der Waals surface area contributed by atoms with Crippen molar-refractivity contribution in [2.24, 2.45) is 5.92 Å². The molecule has 1 unspecified atom stereocenters. The second-order valence-electron chi connectivity index (χ2n) is 5.08. The molecule has 1 aliphatic heterocycles. The van der Waals surface area contributed by atoms with Crippen LogP contribution < -0.4 is 5.32 Å². The first-order valence-corrected chi connectivity index (χ1v) is 6.82. The summed E-state index contributed by atoms with van der Waals surface area (Å²) in [7, 11) is 0. The molecule has 1 aromatic rings. The molecule has 1 aliphatic rings. The van der Waals surface area contributed by atoms with Crippen LogP contribution in [0, 0.1) is 12.8 Å². The van der Waals surface area contributed by atoms with Crippen molar-refractivity contribution in [3.63, 3.8) is 0 Å². The number of piperidine rings is 1. The SMILES string of the molecule is CCCc1cc(C)nc(CC2CCCNC2)n1. The van der Waals surface area contributed by atoms with Gasteiger partial charge in [0.1, 0.15) is 5.82 Å². The van der Waals surface area contributed by atoms with Crippen LogP contribution in [0.5, 0.6) is 0 Å². The number of nitrogens with zero attached hydrogens (tertiary/aromatic N) is 2. The molecule has 0 amide bonds. The predicted octanol–water partition coefficient (Wildman–Crippen LogP) is 2.28. The fourth-order valence-electron chi connectivity index (χ4n) is 2.53. The summed E-state index contributed by atoms with van der Waals surface area (Å²) in [4.78, 5) is 9.25. The van der Waals surface area contributed by atoms with Crippen LogP contribution >= 0.6 is 0 Å². The van der Waals surface area contributed by atoms with E-state index in [1.165, 1.54) is 25.1 Å². The first-order chi connectivity index (χ1) is 8.28. The van der Waals surface area contributed by atoms with Gasteiger partial charge in [-0.2, -0.15) is 0 Å². The highest BCUT2D eigenvalue weighted by Gasteiger charge is 2.15. The Labute approximate surface area is 104 Å². The average Bonchev–Trinajstić information content (AvgIpc) is 2.30. The van der Waals surface area contributed by atoms with Gasteiger partial charge in [0.05, 0.1) is 0 Å². The van der Waals surface area contributed by atoms with Gasteiger partial charge in [0.15, 0.2) is 0 Å². The molecule has 1 saturated heterocycles. The molecule has 1 fully saturated rings. The Morgan fingerprint density at radius 1 is 1.41 bits per heavy atom. The largest absolute Gasteiger partial charge is 0.316 e. The van der Waals surface area contributed by atoms with Crippen LogP contribution in [-0.4, -0.2) is 23.1 Å². The van der Waals surface area contributed by atoms with E-state index in [4.69, 9.17) is 0 Å². The van der Waals surface area contributed by atoms with Crippen molar-refractivity contribution in [1.29, 1.82) is 0 Å². The molecule has 0 bridgehead atoms. The van der Waals surface area contributed by atoms with Crippen molar-refractivity contribution in [1.82, 2.24) is 15.3 Å². The van der Waals surface area contributed by atoms with Gasteiger partial charge in [0.25, 0.3) is 0 Å². The Bertz CT molecular complexity index is 356. The molecule has 2 heterocycles. The minimum Gasteiger partial charge on any atom is -0.316 e. The molecular formula is C14H23N3. The van der Waals surface area contributed by atoms with Crippen LogP contribution in [0.2, 0.25) is 0 Å². The van der Waals surface area contributed by atoms with Crippen LogP contribution in [-0.2, 0) is 12.8 Å². The van der Waals surface area contributed by atoms with Gasteiger partial charge in [0, 0.05) is 17.8 Å². The topological polar surface area (TPSA) is 37.8 Å². The number of nitrogens with one attached hydrogen (secondary N) is 1. The highest BCUT2D eigenvalue weighted by Crippen LogP contribution is 2.15. The zero-order valence-corrected chi connectivity index (χ0v) is 11.0. The molecule has 3 heteroatoms. The third-order valence-corrected chi connectivity index (χ3v) is 3.33. The van der Waals surface area contributed by atoms with Gasteiger partial charge in [-0.05, 0) is 51.3 Å². The Morgan fingerprint density at radius 3 is 3.00 bits per heavy atom. The van der Waals surface area contributed by atoms with Gasteiger partial charge in [0.2, 0.25) is 0 Å². The highest BCUT2D eigenvalue weighted by molar-refractivity contribution is 5.10. The van der Waals surface area contributed by atoms with E-state index in [-0.39, 0.29) is 0 Å². The van der Waals surface area contributed by atoms with Crippen molar-refractivity contribution < 1.29 is 0 Å². The van der Waals surface area contributed by atoms with Gasteiger partial charge in [-0.1, -0.05) is 13.3 Å². The lowest BCUT2D eigenvalue weighted by Crippen LogP contribution is -2.31. The molecule has 94 valence electrons. The molecule has 17 heavy (non-hydrogen) atoms. The summed E-state index contributed by atoms with van der Waals surface area (Å²) in [5.41, 5.74) is 2.32. The second-order valence-corrected chi connectivity index (χ2v) is 5.08. The molecule has 0 aliphatic carbocycles. The zero-order chi connectivity index (χ0) is 12.1. The smallest absolute Gasteiger partial charge is 0.129 e. The Balaban J connectivity index is 2.03. The van der Waals surface area contributed by atoms with Crippen LogP contribution in [0.25, 0.3) is 0 Å². The van der Waals surface area contributed by atoms with E-state index < -0.39 is 0 Å². The monoisotopic (exact) mass is 233 g/mol. The molecular weight excluding hydrogens is 210 g/mol. The van der Waals surface area contributed by atoms with Gasteiger partial charge < -0.3 is 5.32 Å². The molecule has 0 radical (unpaired) electrons. The minimum atomic E-state index is 0.722. The van der Waals surface area contributed by atoms with E-state index in [2.05, 4.69) is 35.2 Å². The molecule has 0 saturated carbocycles. The third kappa shape index (κ3) is 3.77. The van der Waals surface area contributed by atoms with Crippen LogP contribution in [0.15, 0.2) is 6.07 Å². The zero-order valence-electron chi connectivity index (χ0n) is 11.0. The van der Waals surface area contributed by atoms with Gasteiger partial charge in [-0.25, -0.2) is 9.97 Å². The maximum absolute atomic E-state index is 4.68. The number of aromatic nitrogens is 2. The minimum absolute atomic E-state index is 0.722. The van der Waals surface area contributed by atoms with Crippen molar-refractivity contribution in [3.8, 4) is 0 Å². The maximum atomic E-state index is 4.68. The third-order valence-electron chi connectivity index (χ3n) is 3.33. The molecule has 1 aromatic heterocycles. The first-order valence-electron chi connectivity index (χ1n) is 6.82. The van der Waals surface area contributed by atoms with Crippen molar-refractivity contribution in [3.05, 3.63) is 23.3 Å². The summed E-state index contributed by atoms with van der Waals surface area (Å²) in [6, 6.07) is 2.12. The van der Waals surface area contributed by atoms with E-state index in [1.807, 2.05) is 0 Å². The number of rotatable bonds is 4. The quantitative estimate of drug-likeness (QED) is 0.867. The predicted molar refractivity (Wildman–Crippen MR) is 70.1 cm³/mol. The summed E-state index contributed by atoms with van der Waals surface area (Å²) in [5, 5.41) is 3.45. The van der Waals surface area contributed by atoms with Gasteiger partial charge in [-0.3, -0.25) is 0 Å². The van der Waals surface area contributed by atoms with E-state index in [1.54, 1.807) is 0 Å². The fourth-order valence-corrected chi connectivity index (χ4v) is 2.53. The van der Waals surface area contributed by atoms with Crippen LogP contribution in [0.3, 0.4) is 0 Å². The molecule has 3 nitrogen and oxygen atoms in total. The highest BCUT2D eigenvalue weighted by atomic mass is 14.9. The van der Waals surface area contributed by atoms with Gasteiger partial charge >= 0.3 is 0 Å². The van der Waals surface area contributed by atoms with E-state index in [9.17, 15) is 0 Å². The van der Waals surface area contributed by atoms with Crippen LogP contribution in [0.1, 0.15) is 43.4 Å². The normalized spacial score (nSPS) is 20.5. The fraction of sp³-hybridized carbons (Fsp3) is 0.714. The van der Waals surface area contributed by atoms with Crippen molar-refractivity contribution in [2.75, 3.05) is 13.1 Å².